The highest BCUT2D eigenvalue weighted by Gasteiger charge is 2.46. The number of benzene rings is 1. The van der Waals surface area contributed by atoms with Crippen LogP contribution >= 0.6 is 0 Å². The second kappa shape index (κ2) is 10.4. The Kier molecular flexibility index (Phi) is 8.05. The van der Waals surface area contributed by atoms with Gasteiger partial charge in [-0.25, -0.2) is 4.79 Å². The summed E-state index contributed by atoms with van der Waals surface area (Å²) in [6.07, 6.45) is 2.27. The zero-order valence-corrected chi connectivity index (χ0v) is 19.2. The summed E-state index contributed by atoms with van der Waals surface area (Å²) < 4.78 is 37.7. The Morgan fingerprint density at radius 2 is 1.76 bits per heavy atom. The monoisotopic (exact) mass is 470 g/mol. The second-order valence-corrected chi connectivity index (χ2v) is 9.47. The van der Waals surface area contributed by atoms with Crippen molar-refractivity contribution in [2.45, 2.75) is 63.2 Å². The highest BCUT2D eigenvalue weighted by molar-refractivity contribution is 5.94. The molecule has 1 spiro atoms. The molecule has 4 rings (SSSR count). The van der Waals surface area contributed by atoms with E-state index >= 15 is 0 Å². The number of aryl methyl sites for hydroxylation is 1. The number of alkyl halides is 3. The fourth-order valence-electron chi connectivity index (χ4n) is 4.73. The quantitative estimate of drug-likeness (QED) is 0.701. The largest absolute Gasteiger partial charge is 0.490 e. The van der Waals surface area contributed by atoms with E-state index in [1.165, 1.54) is 25.7 Å². The Balaban J connectivity index is 0.000000383. The predicted molar refractivity (Wildman–Crippen MR) is 117 cm³/mol. The summed E-state index contributed by atoms with van der Waals surface area (Å²) in [6.45, 7) is 5.61. The Hall–Kier alpha value is -2.13. The molecule has 6 nitrogen and oxygen atoms in total. The molecule has 0 aromatic heterocycles. The standard InChI is InChI=1S/C22H32N2O2.C2HF3O2/c1-17-4-3-5-19(14-17)21(25)24-12-10-22(11-13-24)9-8-20(23(22)2)16-26-15-18-6-7-18;3-2(4,5)1(6)7/h3-5,14,18,20H,6-13,15-16H2,1-2H3;(H,6,7). The van der Waals surface area contributed by atoms with Crippen LogP contribution in [0.4, 0.5) is 13.2 Å². The van der Waals surface area contributed by atoms with Crippen molar-refractivity contribution >= 4 is 11.9 Å². The third-order valence-corrected chi connectivity index (χ3v) is 7.09. The van der Waals surface area contributed by atoms with Crippen LogP contribution in [0.15, 0.2) is 24.3 Å². The summed E-state index contributed by atoms with van der Waals surface area (Å²) >= 11 is 0. The molecule has 3 aliphatic rings. The van der Waals surface area contributed by atoms with E-state index in [1.807, 2.05) is 36.1 Å². The van der Waals surface area contributed by atoms with Gasteiger partial charge < -0.3 is 14.7 Å². The highest BCUT2D eigenvalue weighted by atomic mass is 19.4. The molecular weight excluding hydrogens is 437 g/mol. The van der Waals surface area contributed by atoms with Crippen LogP contribution in [0.1, 0.15) is 54.4 Å². The summed E-state index contributed by atoms with van der Waals surface area (Å²) in [7, 11) is 2.27. The normalized spacial score (nSPS) is 22.7. The van der Waals surface area contributed by atoms with Crippen LogP contribution in [0.5, 0.6) is 0 Å². The number of ether oxygens (including phenoxy) is 1. The van der Waals surface area contributed by atoms with E-state index in [1.54, 1.807) is 0 Å². The summed E-state index contributed by atoms with van der Waals surface area (Å²) in [5.41, 5.74) is 2.25. The number of nitrogens with zero attached hydrogens (tertiary/aromatic N) is 2. The number of aliphatic carboxylic acids is 1. The van der Waals surface area contributed by atoms with E-state index in [0.29, 0.717) is 6.04 Å². The predicted octanol–water partition coefficient (Wildman–Crippen LogP) is 4.12. The maximum absolute atomic E-state index is 12.8. The molecule has 9 heteroatoms. The Labute approximate surface area is 192 Å². The number of hydrogen-bond donors (Lipinski definition) is 1. The molecule has 1 saturated carbocycles. The first kappa shape index (κ1) is 25.5. The van der Waals surface area contributed by atoms with Crippen LogP contribution in [0, 0.1) is 12.8 Å². The number of hydrogen-bond acceptors (Lipinski definition) is 4. The Morgan fingerprint density at radius 3 is 2.30 bits per heavy atom. The lowest BCUT2D eigenvalue weighted by Crippen LogP contribution is -2.54. The second-order valence-electron chi connectivity index (χ2n) is 9.47. The first-order chi connectivity index (χ1) is 15.5. The molecule has 1 unspecified atom stereocenters. The number of carbonyl (C=O) groups excluding carboxylic acids is 1. The Bertz CT molecular complexity index is 833. The van der Waals surface area contributed by atoms with Crippen molar-refractivity contribution in [2.75, 3.05) is 33.4 Å². The molecule has 1 aliphatic carbocycles. The third-order valence-electron chi connectivity index (χ3n) is 7.09. The minimum Gasteiger partial charge on any atom is -0.475 e. The number of amides is 1. The van der Waals surface area contributed by atoms with E-state index in [-0.39, 0.29) is 11.4 Å². The van der Waals surface area contributed by atoms with Gasteiger partial charge in [-0.2, -0.15) is 13.2 Å². The van der Waals surface area contributed by atoms with Crippen LogP contribution in [-0.2, 0) is 9.53 Å². The van der Waals surface area contributed by atoms with Gasteiger partial charge in [0, 0.05) is 36.8 Å². The number of likely N-dealkylation sites (tertiary alicyclic amines) is 2. The van der Waals surface area contributed by atoms with Gasteiger partial charge in [0.25, 0.3) is 5.91 Å². The molecule has 184 valence electrons. The number of rotatable bonds is 5. The van der Waals surface area contributed by atoms with Crippen molar-refractivity contribution in [3.05, 3.63) is 35.4 Å². The third kappa shape index (κ3) is 6.69. The maximum atomic E-state index is 12.8. The summed E-state index contributed by atoms with van der Waals surface area (Å²) in [5, 5.41) is 7.12. The molecule has 0 bridgehead atoms. The summed E-state index contributed by atoms with van der Waals surface area (Å²) in [6, 6.07) is 8.51. The molecule has 1 aromatic rings. The highest BCUT2D eigenvalue weighted by Crippen LogP contribution is 2.41. The van der Waals surface area contributed by atoms with E-state index in [2.05, 4.69) is 11.9 Å². The van der Waals surface area contributed by atoms with Gasteiger partial charge in [0.2, 0.25) is 0 Å². The zero-order chi connectivity index (χ0) is 24.2. The molecule has 2 aliphatic heterocycles. The van der Waals surface area contributed by atoms with Crippen LogP contribution < -0.4 is 0 Å². The number of likely N-dealkylation sites (N-methyl/N-ethyl adjacent to an activating group) is 1. The molecule has 1 N–H and O–H groups in total. The molecule has 0 radical (unpaired) electrons. The van der Waals surface area contributed by atoms with Crippen molar-refractivity contribution in [1.82, 2.24) is 9.80 Å². The molecule has 33 heavy (non-hydrogen) atoms. The summed E-state index contributed by atoms with van der Waals surface area (Å²) in [4.78, 5) is 26.3. The molecule has 1 atom stereocenters. The SMILES string of the molecule is Cc1cccc(C(=O)N2CCC3(CCC(COCC4CC4)N3C)CC2)c1.O=C(O)C(F)(F)F. The maximum Gasteiger partial charge on any atom is 0.490 e. The van der Waals surface area contributed by atoms with E-state index in [0.717, 1.165) is 56.2 Å². The molecule has 2 heterocycles. The van der Waals surface area contributed by atoms with Crippen molar-refractivity contribution in [3.63, 3.8) is 0 Å². The fraction of sp³-hybridized carbons (Fsp3) is 0.667. The lowest BCUT2D eigenvalue weighted by atomic mass is 9.85. The van der Waals surface area contributed by atoms with Crippen molar-refractivity contribution in [3.8, 4) is 0 Å². The first-order valence-corrected chi connectivity index (χ1v) is 11.5. The number of carbonyl (C=O) groups is 2. The topological polar surface area (TPSA) is 70.1 Å². The number of halogens is 3. The lowest BCUT2D eigenvalue weighted by molar-refractivity contribution is -0.192. The van der Waals surface area contributed by atoms with Gasteiger partial charge in [0.15, 0.2) is 0 Å². The molecule has 1 aromatic carbocycles. The van der Waals surface area contributed by atoms with Gasteiger partial charge in [0.05, 0.1) is 6.61 Å². The smallest absolute Gasteiger partial charge is 0.475 e. The van der Waals surface area contributed by atoms with Gasteiger partial charge in [-0.1, -0.05) is 17.7 Å². The fourth-order valence-corrected chi connectivity index (χ4v) is 4.73. The average molecular weight is 471 g/mol. The zero-order valence-electron chi connectivity index (χ0n) is 19.2. The van der Waals surface area contributed by atoms with Crippen molar-refractivity contribution in [1.29, 1.82) is 0 Å². The molecule has 3 fully saturated rings. The van der Waals surface area contributed by atoms with Gasteiger partial charge in [-0.3, -0.25) is 9.69 Å². The summed E-state index contributed by atoms with van der Waals surface area (Å²) in [5.74, 6) is -1.73. The van der Waals surface area contributed by atoms with Gasteiger partial charge in [0.1, 0.15) is 0 Å². The molecule has 2 saturated heterocycles. The lowest BCUT2D eigenvalue weighted by Gasteiger charge is -2.45. The minimum atomic E-state index is -5.08. The van der Waals surface area contributed by atoms with E-state index < -0.39 is 12.1 Å². The van der Waals surface area contributed by atoms with Gasteiger partial charge in [-0.05, 0) is 70.5 Å². The average Bonchev–Trinajstić information content (AvgIpc) is 3.55. The molecule has 1 amide bonds. The van der Waals surface area contributed by atoms with Crippen molar-refractivity contribution in [2.24, 2.45) is 5.92 Å². The van der Waals surface area contributed by atoms with Crippen LogP contribution in [0.2, 0.25) is 0 Å². The number of carboxylic acid groups (broad SMARTS) is 1. The van der Waals surface area contributed by atoms with Gasteiger partial charge >= 0.3 is 12.1 Å². The van der Waals surface area contributed by atoms with Gasteiger partial charge in [-0.15, -0.1) is 0 Å². The minimum absolute atomic E-state index is 0.188. The van der Waals surface area contributed by atoms with E-state index in [4.69, 9.17) is 14.6 Å². The van der Waals surface area contributed by atoms with Crippen molar-refractivity contribution < 1.29 is 32.6 Å². The number of piperidine rings is 1. The molecular formula is C24H33F3N2O4. The van der Waals surface area contributed by atoms with Crippen LogP contribution in [-0.4, -0.2) is 77.9 Å². The van der Waals surface area contributed by atoms with E-state index in [9.17, 15) is 18.0 Å². The first-order valence-electron chi connectivity index (χ1n) is 11.5. The van der Waals surface area contributed by atoms with Crippen LogP contribution in [0.3, 0.4) is 0 Å². The van der Waals surface area contributed by atoms with Crippen LogP contribution in [0.25, 0.3) is 0 Å². The number of carboxylic acids is 1. The Morgan fingerprint density at radius 1 is 1.12 bits per heavy atom.